The highest BCUT2D eigenvalue weighted by Gasteiger charge is 2.35. The van der Waals surface area contributed by atoms with Gasteiger partial charge in [-0.1, -0.05) is 36.8 Å². The number of rotatable bonds is 10. The summed E-state index contributed by atoms with van der Waals surface area (Å²) < 4.78 is 9.85. The molecule has 0 saturated heterocycles. The smallest absolute Gasteiger partial charge is 0.408 e. The topological polar surface area (TPSA) is 114 Å². The summed E-state index contributed by atoms with van der Waals surface area (Å²) in [5.41, 5.74) is 0.740. The lowest BCUT2D eigenvalue weighted by atomic mass is 10.0. The van der Waals surface area contributed by atoms with Crippen LogP contribution in [-0.2, 0) is 23.9 Å². The van der Waals surface area contributed by atoms with Crippen LogP contribution in [0.2, 0.25) is 0 Å². The highest BCUT2D eigenvalue weighted by atomic mass is 32.1. The zero-order valence-electron chi connectivity index (χ0n) is 20.1. The Labute approximate surface area is 201 Å². The monoisotopic (exact) mass is 481 g/mol. The molecule has 33 heavy (non-hydrogen) atoms. The number of aryl methyl sites for hydroxylation is 1. The predicted molar refractivity (Wildman–Crippen MR) is 128 cm³/mol. The number of hydrogen-bond acceptors (Lipinski definition) is 7. The Kier molecular flexibility index (Phi) is 11.2. The van der Waals surface area contributed by atoms with Gasteiger partial charge in [0.15, 0.2) is 0 Å². The molecule has 2 N–H and O–H groups in total. The van der Waals surface area contributed by atoms with Gasteiger partial charge < -0.3 is 25.0 Å². The summed E-state index contributed by atoms with van der Waals surface area (Å²) in [7, 11) is 1.22. The molecule has 2 unspecified atom stereocenters. The van der Waals surface area contributed by atoms with Crippen LogP contribution in [-0.4, -0.2) is 66.4 Å². The maximum absolute atomic E-state index is 13.5. The highest BCUT2D eigenvalue weighted by Crippen LogP contribution is 2.24. The summed E-state index contributed by atoms with van der Waals surface area (Å²) in [6.07, 6.45) is -0.196. The first-order chi connectivity index (χ1) is 15.4. The van der Waals surface area contributed by atoms with Crippen molar-refractivity contribution >= 4 is 36.5 Å². The number of carbonyl (C=O) groups is 4. The molecule has 0 fully saturated rings. The van der Waals surface area contributed by atoms with Crippen LogP contribution >= 0.6 is 12.6 Å². The second-order valence-corrected chi connectivity index (χ2v) is 8.89. The van der Waals surface area contributed by atoms with E-state index in [2.05, 4.69) is 28.0 Å². The zero-order chi connectivity index (χ0) is 25.2. The van der Waals surface area contributed by atoms with Crippen LogP contribution in [0.1, 0.15) is 51.3 Å². The minimum atomic E-state index is -1.02. The van der Waals surface area contributed by atoms with Gasteiger partial charge >= 0.3 is 12.1 Å². The first-order valence-corrected chi connectivity index (χ1v) is 11.4. The fourth-order valence-corrected chi connectivity index (χ4v) is 3.33. The van der Waals surface area contributed by atoms with Crippen molar-refractivity contribution in [3.63, 3.8) is 0 Å². The number of alkyl carbamates (subject to hydrolysis) is 1. The number of amides is 3. The van der Waals surface area contributed by atoms with Crippen LogP contribution in [0.15, 0.2) is 24.3 Å². The van der Waals surface area contributed by atoms with Gasteiger partial charge in [0.25, 0.3) is 0 Å². The molecule has 0 spiro atoms. The fourth-order valence-electron chi connectivity index (χ4n) is 3.08. The van der Waals surface area contributed by atoms with E-state index in [9.17, 15) is 19.2 Å². The molecular formula is C23H35N3O6S. The summed E-state index contributed by atoms with van der Waals surface area (Å²) in [6.45, 7) is 8.80. The maximum atomic E-state index is 13.5. The van der Waals surface area contributed by atoms with Crippen LogP contribution in [0.5, 0.6) is 0 Å². The van der Waals surface area contributed by atoms with Crippen molar-refractivity contribution in [2.75, 3.05) is 26.0 Å². The molecule has 9 nitrogen and oxygen atoms in total. The normalized spacial score (nSPS) is 12.8. The molecule has 0 heterocycles. The van der Waals surface area contributed by atoms with Crippen LogP contribution in [0, 0.1) is 6.92 Å². The third-order valence-corrected chi connectivity index (χ3v) is 4.84. The van der Waals surface area contributed by atoms with E-state index in [1.165, 1.54) is 12.0 Å². The molecule has 1 rings (SSSR count). The summed E-state index contributed by atoms with van der Waals surface area (Å²) in [4.78, 5) is 51.9. The Morgan fingerprint density at radius 1 is 1.18 bits per heavy atom. The standard InChI is InChI=1S/C23H35N3O6S/c1-7-11-26(21(29)17(14-33)25-22(30)32-23(3,4)5)19(16-10-8-9-15(2)12-16)20(28)24-13-18(27)31-6/h8-10,12,17,19,33H,7,11,13-14H2,1-6H3,(H,24,28)(H,25,30). The van der Waals surface area contributed by atoms with E-state index >= 15 is 0 Å². The zero-order valence-corrected chi connectivity index (χ0v) is 21.0. The van der Waals surface area contributed by atoms with Crippen molar-refractivity contribution in [1.29, 1.82) is 0 Å². The van der Waals surface area contributed by atoms with E-state index < -0.39 is 41.6 Å². The van der Waals surface area contributed by atoms with Crippen LogP contribution in [0.25, 0.3) is 0 Å². The molecular weight excluding hydrogens is 446 g/mol. The lowest BCUT2D eigenvalue weighted by Crippen LogP contribution is -2.54. The second kappa shape index (κ2) is 13.1. The first kappa shape index (κ1) is 28.3. The van der Waals surface area contributed by atoms with E-state index in [1.54, 1.807) is 39.0 Å². The number of benzene rings is 1. The number of esters is 1. The molecule has 1 aromatic rings. The van der Waals surface area contributed by atoms with Crippen molar-refractivity contribution in [3.05, 3.63) is 35.4 Å². The van der Waals surface area contributed by atoms with Crippen molar-refractivity contribution in [2.45, 2.75) is 58.7 Å². The van der Waals surface area contributed by atoms with Crippen molar-refractivity contribution < 1.29 is 28.7 Å². The van der Waals surface area contributed by atoms with Gasteiger partial charge in [-0.3, -0.25) is 14.4 Å². The highest BCUT2D eigenvalue weighted by molar-refractivity contribution is 7.80. The molecule has 0 aliphatic carbocycles. The Hall–Kier alpha value is -2.75. The van der Waals surface area contributed by atoms with Gasteiger partial charge in [-0.25, -0.2) is 4.79 Å². The lowest BCUT2D eigenvalue weighted by molar-refractivity contribution is -0.144. The SMILES string of the molecule is CCCN(C(=O)C(CS)NC(=O)OC(C)(C)C)C(C(=O)NCC(=O)OC)c1cccc(C)c1. The molecule has 0 saturated carbocycles. The molecule has 10 heteroatoms. The van der Waals surface area contributed by atoms with Crippen molar-refractivity contribution in [3.8, 4) is 0 Å². The predicted octanol–water partition coefficient (Wildman–Crippen LogP) is 2.39. The Morgan fingerprint density at radius 3 is 2.36 bits per heavy atom. The summed E-state index contributed by atoms with van der Waals surface area (Å²) in [6, 6.07) is 5.16. The minimum Gasteiger partial charge on any atom is -0.468 e. The molecule has 0 radical (unpaired) electrons. The average molecular weight is 482 g/mol. The van der Waals surface area contributed by atoms with E-state index in [4.69, 9.17) is 4.74 Å². The molecule has 0 aromatic heterocycles. The molecule has 184 valence electrons. The van der Waals surface area contributed by atoms with Gasteiger partial charge in [0.05, 0.1) is 7.11 Å². The average Bonchev–Trinajstić information content (AvgIpc) is 2.73. The summed E-state index contributed by atoms with van der Waals surface area (Å²) >= 11 is 4.23. The second-order valence-electron chi connectivity index (χ2n) is 8.52. The van der Waals surface area contributed by atoms with Crippen molar-refractivity contribution in [2.24, 2.45) is 0 Å². The third kappa shape index (κ3) is 9.33. The molecule has 1 aromatic carbocycles. The van der Waals surface area contributed by atoms with Gasteiger partial charge in [0, 0.05) is 12.3 Å². The number of nitrogens with zero attached hydrogens (tertiary/aromatic N) is 1. The number of thiol groups is 1. The maximum Gasteiger partial charge on any atom is 0.408 e. The fraction of sp³-hybridized carbons (Fsp3) is 0.565. The minimum absolute atomic E-state index is 0.00259. The number of hydrogen-bond donors (Lipinski definition) is 3. The van der Waals surface area contributed by atoms with Crippen LogP contribution in [0.4, 0.5) is 4.79 Å². The number of ether oxygens (including phenoxy) is 2. The third-order valence-electron chi connectivity index (χ3n) is 4.47. The van der Waals surface area contributed by atoms with Gasteiger partial charge in [0.2, 0.25) is 11.8 Å². The number of carbonyl (C=O) groups excluding carboxylic acids is 4. The quantitative estimate of drug-likeness (QED) is 0.349. The van der Waals surface area contributed by atoms with E-state index in [0.717, 1.165) is 5.56 Å². The van der Waals surface area contributed by atoms with Gasteiger partial charge in [-0.15, -0.1) is 0 Å². The molecule has 0 aliphatic heterocycles. The van der Waals surface area contributed by atoms with Gasteiger partial charge in [0.1, 0.15) is 24.2 Å². The Balaban J connectivity index is 3.29. The summed E-state index contributed by atoms with van der Waals surface area (Å²) in [5, 5.41) is 5.08. The lowest BCUT2D eigenvalue weighted by Gasteiger charge is -2.34. The van der Waals surface area contributed by atoms with Crippen molar-refractivity contribution in [1.82, 2.24) is 15.5 Å². The largest absolute Gasteiger partial charge is 0.468 e. The van der Waals surface area contributed by atoms with E-state index in [-0.39, 0.29) is 18.8 Å². The number of methoxy groups -OCH3 is 1. The van der Waals surface area contributed by atoms with Gasteiger partial charge in [-0.2, -0.15) is 12.6 Å². The summed E-state index contributed by atoms with van der Waals surface area (Å²) in [5.74, 6) is -1.64. The van der Waals surface area contributed by atoms with Crippen LogP contribution in [0.3, 0.4) is 0 Å². The Bertz CT molecular complexity index is 840. The van der Waals surface area contributed by atoms with Crippen LogP contribution < -0.4 is 10.6 Å². The van der Waals surface area contributed by atoms with Gasteiger partial charge in [-0.05, 0) is 39.7 Å². The first-order valence-electron chi connectivity index (χ1n) is 10.7. The molecule has 2 atom stereocenters. The molecule has 3 amide bonds. The Morgan fingerprint density at radius 2 is 1.85 bits per heavy atom. The van der Waals surface area contributed by atoms with E-state index in [1.807, 2.05) is 19.9 Å². The van der Waals surface area contributed by atoms with E-state index in [0.29, 0.717) is 12.0 Å². The number of nitrogens with one attached hydrogen (secondary N) is 2. The molecule has 0 bridgehead atoms. The molecule has 0 aliphatic rings.